The SMILES string of the molecule is CC(C)/C=C1/CCC(=O)C1C. The molecule has 1 heteroatoms. The van der Waals surface area contributed by atoms with Gasteiger partial charge in [-0.15, -0.1) is 0 Å². The zero-order valence-corrected chi connectivity index (χ0v) is 7.55. The summed E-state index contributed by atoms with van der Waals surface area (Å²) in [5.41, 5.74) is 1.35. The van der Waals surface area contributed by atoms with Gasteiger partial charge in [0.2, 0.25) is 0 Å². The molecule has 0 spiro atoms. The highest BCUT2D eigenvalue weighted by atomic mass is 16.1. The molecule has 1 rings (SSSR count). The summed E-state index contributed by atoms with van der Waals surface area (Å²) >= 11 is 0. The monoisotopic (exact) mass is 152 g/mol. The molecule has 0 aromatic rings. The third-order valence-corrected chi connectivity index (χ3v) is 2.25. The van der Waals surface area contributed by atoms with Gasteiger partial charge in [-0.2, -0.15) is 0 Å². The Labute approximate surface area is 68.5 Å². The molecule has 1 nitrogen and oxygen atoms in total. The van der Waals surface area contributed by atoms with E-state index in [0.29, 0.717) is 11.7 Å². The Morgan fingerprint density at radius 2 is 2.09 bits per heavy atom. The molecule has 0 bridgehead atoms. The number of carbonyl (C=O) groups is 1. The normalized spacial score (nSPS) is 28.9. The lowest BCUT2D eigenvalue weighted by molar-refractivity contribution is -0.119. The molecule has 1 aliphatic rings. The highest BCUT2D eigenvalue weighted by molar-refractivity contribution is 5.86. The molecular formula is C10H16O. The van der Waals surface area contributed by atoms with Crippen LogP contribution in [0.2, 0.25) is 0 Å². The first-order valence-electron chi connectivity index (χ1n) is 4.34. The molecule has 0 N–H and O–H groups in total. The van der Waals surface area contributed by atoms with Crippen molar-refractivity contribution in [2.75, 3.05) is 0 Å². The molecule has 1 aliphatic carbocycles. The molecule has 1 unspecified atom stereocenters. The molecule has 0 radical (unpaired) electrons. The molecule has 0 heterocycles. The van der Waals surface area contributed by atoms with Gasteiger partial charge >= 0.3 is 0 Å². The van der Waals surface area contributed by atoms with Crippen LogP contribution in [-0.4, -0.2) is 5.78 Å². The Hall–Kier alpha value is -0.590. The maximum Gasteiger partial charge on any atom is 0.140 e. The van der Waals surface area contributed by atoms with Gasteiger partial charge in [0.05, 0.1) is 0 Å². The van der Waals surface area contributed by atoms with Crippen molar-refractivity contribution in [2.24, 2.45) is 11.8 Å². The van der Waals surface area contributed by atoms with Crippen molar-refractivity contribution < 1.29 is 4.79 Å². The van der Waals surface area contributed by atoms with Crippen LogP contribution in [0.1, 0.15) is 33.6 Å². The van der Waals surface area contributed by atoms with Crippen LogP contribution >= 0.6 is 0 Å². The summed E-state index contributed by atoms with van der Waals surface area (Å²) in [6.45, 7) is 6.33. The van der Waals surface area contributed by atoms with Gasteiger partial charge in [0, 0.05) is 12.3 Å². The Morgan fingerprint density at radius 3 is 2.45 bits per heavy atom. The fraction of sp³-hybridized carbons (Fsp3) is 0.700. The molecule has 0 aromatic heterocycles. The summed E-state index contributed by atoms with van der Waals surface area (Å²) in [4.78, 5) is 11.1. The predicted octanol–water partition coefficient (Wildman–Crippen LogP) is 2.57. The van der Waals surface area contributed by atoms with Crippen molar-refractivity contribution in [3.05, 3.63) is 11.6 Å². The van der Waals surface area contributed by atoms with Crippen LogP contribution in [0.15, 0.2) is 11.6 Å². The molecule has 1 fully saturated rings. The predicted molar refractivity (Wildman–Crippen MR) is 46.3 cm³/mol. The minimum atomic E-state index is 0.206. The molecule has 0 saturated heterocycles. The Kier molecular flexibility index (Phi) is 2.48. The Bertz CT molecular complexity index is 189. The van der Waals surface area contributed by atoms with Crippen LogP contribution in [0.25, 0.3) is 0 Å². The first-order chi connectivity index (χ1) is 5.11. The van der Waals surface area contributed by atoms with E-state index >= 15 is 0 Å². The number of rotatable bonds is 1. The van der Waals surface area contributed by atoms with E-state index in [4.69, 9.17) is 0 Å². The minimum absolute atomic E-state index is 0.206. The van der Waals surface area contributed by atoms with Gasteiger partial charge < -0.3 is 0 Å². The van der Waals surface area contributed by atoms with Crippen LogP contribution in [0.5, 0.6) is 0 Å². The molecule has 0 amide bonds. The molecule has 1 atom stereocenters. The number of hydrogen-bond donors (Lipinski definition) is 0. The number of carbonyl (C=O) groups excluding carboxylic acids is 1. The van der Waals surface area contributed by atoms with Crippen molar-refractivity contribution in [3.63, 3.8) is 0 Å². The summed E-state index contributed by atoms with van der Waals surface area (Å²) in [7, 11) is 0. The third kappa shape index (κ3) is 1.92. The molecular weight excluding hydrogens is 136 g/mol. The first-order valence-corrected chi connectivity index (χ1v) is 4.34. The van der Waals surface area contributed by atoms with E-state index in [-0.39, 0.29) is 5.92 Å². The summed E-state index contributed by atoms with van der Waals surface area (Å²) < 4.78 is 0. The lowest BCUT2D eigenvalue weighted by Gasteiger charge is -2.04. The van der Waals surface area contributed by atoms with Gasteiger partial charge in [0.15, 0.2) is 0 Å². The Morgan fingerprint density at radius 1 is 1.45 bits per heavy atom. The number of Topliss-reactive ketones (excluding diaryl/α,β-unsaturated/α-hetero) is 1. The van der Waals surface area contributed by atoms with Gasteiger partial charge in [-0.25, -0.2) is 0 Å². The third-order valence-electron chi connectivity index (χ3n) is 2.25. The lowest BCUT2D eigenvalue weighted by Crippen LogP contribution is -2.02. The first kappa shape index (κ1) is 8.51. The fourth-order valence-corrected chi connectivity index (χ4v) is 1.56. The average molecular weight is 152 g/mol. The zero-order valence-electron chi connectivity index (χ0n) is 7.55. The average Bonchev–Trinajstić information content (AvgIpc) is 2.18. The summed E-state index contributed by atoms with van der Waals surface area (Å²) in [6.07, 6.45) is 3.99. The van der Waals surface area contributed by atoms with Gasteiger partial charge in [-0.1, -0.05) is 32.4 Å². The van der Waals surface area contributed by atoms with Crippen LogP contribution in [0, 0.1) is 11.8 Å². The van der Waals surface area contributed by atoms with Crippen molar-refractivity contribution in [1.82, 2.24) is 0 Å². The topological polar surface area (TPSA) is 17.1 Å². The summed E-state index contributed by atoms with van der Waals surface area (Å²) in [6, 6.07) is 0. The van der Waals surface area contributed by atoms with Crippen molar-refractivity contribution in [1.29, 1.82) is 0 Å². The fourth-order valence-electron chi connectivity index (χ4n) is 1.56. The molecule has 0 aliphatic heterocycles. The van der Waals surface area contributed by atoms with Crippen LogP contribution < -0.4 is 0 Å². The molecule has 1 saturated carbocycles. The second kappa shape index (κ2) is 3.21. The van der Waals surface area contributed by atoms with Crippen LogP contribution in [-0.2, 0) is 4.79 Å². The van der Waals surface area contributed by atoms with Crippen molar-refractivity contribution in [3.8, 4) is 0 Å². The van der Waals surface area contributed by atoms with Gasteiger partial charge in [0.25, 0.3) is 0 Å². The van der Waals surface area contributed by atoms with Gasteiger partial charge in [0.1, 0.15) is 5.78 Å². The van der Waals surface area contributed by atoms with Crippen molar-refractivity contribution in [2.45, 2.75) is 33.6 Å². The highest BCUT2D eigenvalue weighted by Gasteiger charge is 2.24. The maximum absolute atomic E-state index is 11.1. The van der Waals surface area contributed by atoms with E-state index < -0.39 is 0 Å². The highest BCUT2D eigenvalue weighted by Crippen LogP contribution is 2.28. The van der Waals surface area contributed by atoms with E-state index in [1.807, 2.05) is 6.92 Å². The maximum atomic E-state index is 11.1. The molecule has 11 heavy (non-hydrogen) atoms. The van der Waals surface area contributed by atoms with Crippen LogP contribution in [0.4, 0.5) is 0 Å². The molecule has 62 valence electrons. The number of hydrogen-bond acceptors (Lipinski definition) is 1. The van der Waals surface area contributed by atoms with E-state index in [0.717, 1.165) is 12.8 Å². The second-order valence-corrected chi connectivity index (χ2v) is 3.67. The Balaban J connectivity index is 2.68. The standard InChI is InChI=1S/C10H16O/c1-7(2)6-9-4-5-10(11)8(9)3/h6-8H,4-5H2,1-3H3/b9-6-. The smallest absolute Gasteiger partial charge is 0.140 e. The minimum Gasteiger partial charge on any atom is -0.299 e. The van der Waals surface area contributed by atoms with E-state index in [2.05, 4.69) is 19.9 Å². The second-order valence-electron chi connectivity index (χ2n) is 3.67. The summed E-state index contributed by atoms with van der Waals surface area (Å²) in [5, 5.41) is 0. The van der Waals surface area contributed by atoms with Crippen LogP contribution in [0.3, 0.4) is 0 Å². The van der Waals surface area contributed by atoms with Crippen molar-refractivity contribution >= 4 is 5.78 Å². The van der Waals surface area contributed by atoms with E-state index in [9.17, 15) is 4.79 Å². The largest absolute Gasteiger partial charge is 0.299 e. The molecule has 0 aromatic carbocycles. The van der Waals surface area contributed by atoms with E-state index in [1.165, 1.54) is 5.57 Å². The quantitative estimate of drug-likeness (QED) is 0.528. The number of allylic oxidation sites excluding steroid dienone is 2. The zero-order chi connectivity index (χ0) is 8.43. The van der Waals surface area contributed by atoms with E-state index in [1.54, 1.807) is 0 Å². The van der Waals surface area contributed by atoms with Gasteiger partial charge in [-0.05, 0) is 12.3 Å². The van der Waals surface area contributed by atoms with Gasteiger partial charge in [-0.3, -0.25) is 4.79 Å². The lowest BCUT2D eigenvalue weighted by atomic mass is 10.0. The number of ketones is 1. The summed E-state index contributed by atoms with van der Waals surface area (Å²) in [5.74, 6) is 1.20.